The van der Waals surface area contributed by atoms with E-state index >= 15 is 0 Å². The third-order valence-corrected chi connectivity index (χ3v) is 3.74. The first-order valence-electron chi connectivity index (χ1n) is 6.09. The zero-order valence-electron chi connectivity index (χ0n) is 10.3. The van der Waals surface area contributed by atoms with Crippen molar-refractivity contribution in [3.63, 3.8) is 0 Å². The van der Waals surface area contributed by atoms with Crippen LogP contribution in [0.25, 0.3) is 10.8 Å². The number of benzene rings is 1. The molecule has 1 saturated heterocycles. The maximum Gasteiger partial charge on any atom is 0.136 e. The van der Waals surface area contributed by atoms with Gasteiger partial charge in [0.2, 0.25) is 0 Å². The van der Waals surface area contributed by atoms with Gasteiger partial charge in [-0.2, -0.15) is 0 Å². The van der Waals surface area contributed by atoms with Gasteiger partial charge in [0, 0.05) is 24.7 Å². The van der Waals surface area contributed by atoms with Crippen LogP contribution in [0.3, 0.4) is 0 Å². The number of hydrogen-bond acceptors (Lipinski definition) is 3. The third kappa shape index (κ3) is 1.99. The summed E-state index contributed by atoms with van der Waals surface area (Å²) in [5.41, 5.74) is 0. The van der Waals surface area contributed by atoms with Crippen molar-refractivity contribution in [3.8, 4) is 5.75 Å². The topological polar surface area (TPSA) is 25.4 Å². The largest absolute Gasteiger partial charge is 0.497 e. The Labute approximate surface area is 111 Å². The van der Waals surface area contributed by atoms with E-state index in [0.29, 0.717) is 0 Å². The molecule has 2 aromatic rings. The van der Waals surface area contributed by atoms with Crippen molar-refractivity contribution >= 4 is 28.2 Å². The molecule has 0 radical (unpaired) electrons. The highest BCUT2D eigenvalue weighted by atomic mass is 35.5. The first-order chi connectivity index (χ1) is 8.78. The second kappa shape index (κ2) is 4.65. The van der Waals surface area contributed by atoms with E-state index < -0.39 is 0 Å². The molecule has 0 aliphatic carbocycles. The average molecular weight is 263 g/mol. The summed E-state index contributed by atoms with van der Waals surface area (Å²) in [6.45, 7) is 1.84. The minimum absolute atomic E-state index is 0.229. The molecule has 1 aliphatic heterocycles. The van der Waals surface area contributed by atoms with E-state index in [-0.39, 0.29) is 5.38 Å². The van der Waals surface area contributed by atoms with Crippen LogP contribution >= 0.6 is 11.6 Å². The molecular weight excluding hydrogens is 248 g/mol. The lowest BCUT2D eigenvalue weighted by Gasteiger charge is -2.18. The fourth-order valence-corrected chi connectivity index (χ4v) is 2.69. The first-order valence-corrected chi connectivity index (χ1v) is 6.53. The molecular formula is C14H15ClN2O. The van der Waals surface area contributed by atoms with Crippen LogP contribution in [0, 0.1) is 0 Å². The number of nitrogens with zero attached hydrogens (tertiary/aromatic N) is 2. The molecule has 0 amide bonds. The molecule has 1 atom stereocenters. The lowest BCUT2D eigenvalue weighted by Crippen LogP contribution is -2.21. The molecule has 1 unspecified atom stereocenters. The molecule has 3 nitrogen and oxygen atoms in total. The summed E-state index contributed by atoms with van der Waals surface area (Å²) in [7, 11) is 1.68. The standard InChI is InChI=1S/C14H15ClN2O/c1-18-12-3-2-10-4-6-16-14(13(10)8-12)17-7-5-11(15)9-17/h2-4,6,8,11H,5,7,9H2,1H3. The lowest BCUT2D eigenvalue weighted by atomic mass is 10.1. The summed E-state index contributed by atoms with van der Waals surface area (Å²) in [4.78, 5) is 6.76. The molecule has 0 spiro atoms. The van der Waals surface area contributed by atoms with Gasteiger partial charge in [0.15, 0.2) is 0 Å². The van der Waals surface area contributed by atoms with Crippen LogP contribution in [0.2, 0.25) is 0 Å². The van der Waals surface area contributed by atoms with Crippen molar-refractivity contribution in [3.05, 3.63) is 30.5 Å². The number of halogens is 1. The normalized spacial score (nSPS) is 19.4. The summed E-state index contributed by atoms with van der Waals surface area (Å²) in [5.74, 6) is 1.87. The van der Waals surface area contributed by atoms with E-state index in [9.17, 15) is 0 Å². The van der Waals surface area contributed by atoms with Gasteiger partial charge in [-0.1, -0.05) is 6.07 Å². The molecule has 0 N–H and O–H groups in total. The quantitative estimate of drug-likeness (QED) is 0.778. The number of aromatic nitrogens is 1. The SMILES string of the molecule is COc1ccc2ccnc(N3CCC(Cl)C3)c2c1. The lowest BCUT2D eigenvalue weighted by molar-refractivity contribution is 0.415. The molecule has 0 saturated carbocycles. The van der Waals surface area contributed by atoms with Crippen LogP contribution in [0.5, 0.6) is 5.75 Å². The molecule has 1 aliphatic rings. The predicted octanol–water partition coefficient (Wildman–Crippen LogP) is 3.06. The van der Waals surface area contributed by atoms with E-state index in [2.05, 4.69) is 16.0 Å². The van der Waals surface area contributed by atoms with Gasteiger partial charge >= 0.3 is 0 Å². The van der Waals surface area contributed by atoms with Gasteiger partial charge in [0.1, 0.15) is 11.6 Å². The van der Waals surface area contributed by atoms with Crippen molar-refractivity contribution in [2.45, 2.75) is 11.8 Å². The molecule has 0 bridgehead atoms. The number of rotatable bonds is 2. The number of ether oxygens (including phenoxy) is 1. The molecule has 3 rings (SSSR count). The summed E-state index contributed by atoms with van der Waals surface area (Å²) in [6.07, 6.45) is 2.87. The van der Waals surface area contributed by atoms with Crippen LogP contribution in [0.1, 0.15) is 6.42 Å². The molecule has 1 aromatic carbocycles. The maximum absolute atomic E-state index is 6.17. The predicted molar refractivity (Wildman–Crippen MR) is 74.8 cm³/mol. The van der Waals surface area contributed by atoms with Crippen LogP contribution < -0.4 is 9.64 Å². The fraction of sp³-hybridized carbons (Fsp3) is 0.357. The highest BCUT2D eigenvalue weighted by Crippen LogP contribution is 2.30. The zero-order chi connectivity index (χ0) is 12.5. The Hall–Kier alpha value is -1.48. The van der Waals surface area contributed by atoms with Gasteiger partial charge in [-0.3, -0.25) is 0 Å². The van der Waals surface area contributed by atoms with Crippen molar-refractivity contribution in [1.82, 2.24) is 4.98 Å². The number of hydrogen-bond donors (Lipinski definition) is 0. The molecule has 1 fully saturated rings. The van der Waals surface area contributed by atoms with Gasteiger partial charge in [-0.25, -0.2) is 4.98 Å². The van der Waals surface area contributed by atoms with Gasteiger partial charge < -0.3 is 9.64 Å². The first kappa shape index (κ1) is 11.6. The van der Waals surface area contributed by atoms with Crippen molar-refractivity contribution < 1.29 is 4.74 Å². The highest BCUT2D eigenvalue weighted by molar-refractivity contribution is 6.21. The van der Waals surface area contributed by atoms with E-state index in [1.165, 1.54) is 5.39 Å². The number of pyridine rings is 1. The summed E-state index contributed by atoms with van der Waals surface area (Å²) in [5, 5.41) is 2.54. The molecule has 2 heterocycles. The van der Waals surface area contributed by atoms with Crippen LogP contribution in [-0.2, 0) is 0 Å². The molecule has 1 aromatic heterocycles. The van der Waals surface area contributed by atoms with Crippen molar-refractivity contribution in [1.29, 1.82) is 0 Å². The van der Waals surface area contributed by atoms with Gasteiger partial charge in [0.25, 0.3) is 0 Å². The third-order valence-electron chi connectivity index (χ3n) is 3.38. The molecule has 94 valence electrons. The van der Waals surface area contributed by atoms with E-state index in [0.717, 1.165) is 36.5 Å². The van der Waals surface area contributed by atoms with E-state index in [1.807, 2.05) is 24.4 Å². The highest BCUT2D eigenvalue weighted by Gasteiger charge is 2.22. The van der Waals surface area contributed by atoms with Crippen molar-refractivity contribution in [2.24, 2.45) is 0 Å². The second-order valence-corrected chi connectivity index (χ2v) is 5.17. The van der Waals surface area contributed by atoms with Gasteiger partial charge in [0.05, 0.1) is 12.5 Å². The Kier molecular flexibility index (Phi) is 3.00. The molecule has 18 heavy (non-hydrogen) atoms. The Balaban J connectivity index is 2.10. The maximum atomic E-state index is 6.17. The van der Waals surface area contributed by atoms with Crippen LogP contribution in [0.4, 0.5) is 5.82 Å². The van der Waals surface area contributed by atoms with E-state index in [1.54, 1.807) is 7.11 Å². The van der Waals surface area contributed by atoms with Gasteiger partial charge in [-0.05, 0) is 30.0 Å². The van der Waals surface area contributed by atoms with Crippen LogP contribution in [0.15, 0.2) is 30.5 Å². The van der Waals surface area contributed by atoms with Gasteiger partial charge in [-0.15, -0.1) is 11.6 Å². The Bertz CT molecular complexity index is 573. The minimum Gasteiger partial charge on any atom is -0.497 e. The van der Waals surface area contributed by atoms with Crippen LogP contribution in [-0.4, -0.2) is 30.6 Å². The Morgan fingerprint density at radius 2 is 2.28 bits per heavy atom. The Morgan fingerprint density at radius 3 is 3.00 bits per heavy atom. The monoisotopic (exact) mass is 262 g/mol. The van der Waals surface area contributed by atoms with E-state index in [4.69, 9.17) is 16.3 Å². The number of anilines is 1. The Morgan fingerprint density at radius 1 is 1.39 bits per heavy atom. The fourth-order valence-electron chi connectivity index (χ4n) is 2.42. The number of alkyl halides is 1. The smallest absolute Gasteiger partial charge is 0.136 e. The summed E-state index contributed by atoms with van der Waals surface area (Å²) >= 11 is 6.17. The molecule has 4 heteroatoms. The zero-order valence-corrected chi connectivity index (χ0v) is 11.0. The average Bonchev–Trinajstić information content (AvgIpc) is 2.84. The number of methoxy groups -OCH3 is 1. The second-order valence-electron chi connectivity index (χ2n) is 4.55. The number of fused-ring (bicyclic) bond motifs is 1. The minimum atomic E-state index is 0.229. The summed E-state index contributed by atoms with van der Waals surface area (Å²) in [6, 6.07) is 8.10. The van der Waals surface area contributed by atoms with Crippen molar-refractivity contribution in [2.75, 3.05) is 25.1 Å². The summed E-state index contributed by atoms with van der Waals surface area (Å²) < 4.78 is 5.29.